The van der Waals surface area contributed by atoms with Crippen molar-refractivity contribution in [3.63, 3.8) is 0 Å². The van der Waals surface area contributed by atoms with Crippen LogP contribution in [0, 0.1) is 0 Å². The maximum atomic E-state index is 12.4. The van der Waals surface area contributed by atoms with Crippen molar-refractivity contribution in [2.75, 3.05) is 32.6 Å². The molecule has 1 N–H and O–H groups in total. The molecule has 0 saturated carbocycles. The Hall–Kier alpha value is -1.66. The zero-order chi connectivity index (χ0) is 16.3. The van der Waals surface area contributed by atoms with Crippen LogP contribution >= 0.6 is 11.6 Å². The molecule has 122 valence electrons. The van der Waals surface area contributed by atoms with Crippen LogP contribution in [0.15, 0.2) is 12.1 Å². The van der Waals surface area contributed by atoms with Crippen molar-refractivity contribution in [1.82, 2.24) is 4.90 Å². The van der Waals surface area contributed by atoms with Gasteiger partial charge < -0.3 is 24.4 Å². The molecule has 1 aromatic rings. The van der Waals surface area contributed by atoms with Crippen LogP contribution in [0.5, 0.6) is 11.5 Å². The average Bonchev–Trinajstić information content (AvgIpc) is 2.46. The molecule has 2 atom stereocenters. The predicted molar refractivity (Wildman–Crippen MR) is 85.2 cm³/mol. The molecular formula is C15H21ClN2O4. The normalized spacial score (nSPS) is 21.4. The number of urea groups is 1. The molecule has 1 aromatic carbocycles. The lowest BCUT2D eigenvalue weighted by molar-refractivity contribution is -0.0530. The van der Waals surface area contributed by atoms with Crippen LogP contribution in [0.25, 0.3) is 0 Å². The van der Waals surface area contributed by atoms with Gasteiger partial charge in [-0.15, -0.1) is 0 Å². The third-order valence-electron chi connectivity index (χ3n) is 3.42. The minimum Gasteiger partial charge on any atom is -0.495 e. The first-order chi connectivity index (χ1) is 10.4. The third-order valence-corrected chi connectivity index (χ3v) is 3.72. The Labute approximate surface area is 135 Å². The Morgan fingerprint density at radius 3 is 2.36 bits per heavy atom. The van der Waals surface area contributed by atoms with Crippen LogP contribution < -0.4 is 14.8 Å². The van der Waals surface area contributed by atoms with Gasteiger partial charge in [-0.2, -0.15) is 0 Å². The van der Waals surface area contributed by atoms with E-state index in [1.807, 2.05) is 13.8 Å². The van der Waals surface area contributed by atoms with Crippen LogP contribution in [-0.4, -0.2) is 50.4 Å². The molecule has 7 heteroatoms. The number of carbonyl (C=O) groups excluding carboxylic acids is 1. The van der Waals surface area contributed by atoms with E-state index in [-0.39, 0.29) is 18.2 Å². The van der Waals surface area contributed by atoms with E-state index in [1.165, 1.54) is 14.2 Å². The number of nitrogens with zero attached hydrogens (tertiary/aromatic N) is 1. The highest BCUT2D eigenvalue weighted by Gasteiger charge is 2.26. The smallest absolute Gasteiger partial charge is 0.322 e. The first-order valence-electron chi connectivity index (χ1n) is 7.07. The lowest BCUT2D eigenvalue weighted by Gasteiger charge is -2.35. The van der Waals surface area contributed by atoms with Crippen LogP contribution in [0.4, 0.5) is 10.5 Å². The van der Waals surface area contributed by atoms with Gasteiger partial charge >= 0.3 is 6.03 Å². The summed E-state index contributed by atoms with van der Waals surface area (Å²) in [5.41, 5.74) is 0.505. The van der Waals surface area contributed by atoms with Gasteiger partial charge in [0.25, 0.3) is 0 Å². The summed E-state index contributed by atoms with van der Waals surface area (Å²) in [4.78, 5) is 14.1. The summed E-state index contributed by atoms with van der Waals surface area (Å²) in [7, 11) is 3.05. The Morgan fingerprint density at radius 1 is 1.23 bits per heavy atom. The number of rotatable bonds is 3. The lowest BCUT2D eigenvalue weighted by atomic mass is 10.2. The number of methoxy groups -OCH3 is 2. The summed E-state index contributed by atoms with van der Waals surface area (Å²) in [6.45, 7) is 4.98. The number of ether oxygens (including phenoxy) is 3. The van der Waals surface area contributed by atoms with Crippen molar-refractivity contribution in [2.45, 2.75) is 26.1 Å². The van der Waals surface area contributed by atoms with E-state index in [4.69, 9.17) is 25.8 Å². The monoisotopic (exact) mass is 328 g/mol. The highest BCUT2D eigenvalue weighted by atomic mass is 35.5. The molecule has 0 radical (unpaired) electrons. The number of hydrogen-bond acceptors (Lipinski definition) is 4. The van der Waals surface area contributed by atoms with Crippen LogP contribution in [0.1, 0.15) is 13.8 Å². The van der Waals surface area contributed by atoms with Crippen molar-refractivity contribution in [3.05, 3.63) is 17.2 Å². The highest BCUT2D eigenvalue weighted by molar-refractivity contribution is 6.32. The Kier molecular flexibility index (Phi) is 5.37. The number of hydrogen-bond donors (Lipinski definition) is 1. The summed E-state index contributed by atoms with van der Waals surface area (Å²) in [5, 5.41) is 3.24. The largest absolute Gasteiger partial charge is 0.495 e. The van der Waals surface area contributed by atoms with Gasteiger partial charge in [-0.25, -0.2) is 4.79 Å². The molecule has 1 aliphatic rings. The minimum absolute atomic E-state index is 0.0100. The van der Waals surface area contributed by atoms with E-state index in [2.05, 4.69) is 5.32 Å². The quantitative estimate of drug-likeness (QED) is 0.926. The molecule has 0 spiro atoms. The van der Waals surface area contributed by atoms with Crippen LogP contribution in [0.3, 0.4) is 0 Å². The molecule has 1 saturated heterocycles. The topological polar surface area (TPSA) is 60.0 Å². The fourth-order valence-corrected chi connectivity index (χ4v) is 2.74. The molecule has 1 fully saturated rings. The summed E-state index contributed by atoms with van der Waals surface area (Å²) in [6, 6.07) is 3.05. The summed E-state index contributed by atoms with van der Waals surface area (Å²) < 4.78 is 16.0. The number of nitrogens with one attached hydrogen (secondary N) is 1. The zero-order valence-corrected chi connectivity index (χ0v) is 13.9. The standard InChI is InChI=1S/C15H21ClN2O4/c1-9-7-18(8-10(2)22-9)15(19)17-12-5-11(16)13(20-3)6-14(12)21-4/h5-6,9-10H,7-8H2,1-4H3,(H,17,19)/t9-,10+. The van der Waals surface area contributed by atoms with Gasteiger partial charge in [0.15, 0.2) is 0 Å². The van der Waals surface area contributed by atoms with E-state index >= 15 is 0 Å². The summed E-state index contributed by atoms with van der Waals surface area (Å²) >= 11 is 6.11. The number of carbonyl (C=O) groups is 1. The molecule has 6 nitrogen and oxygen atoms in total. The zero-order valence-electron chi connectivity index (χ0n) is 13.2. The molecule has 2 amide bonds. The van der Waals surface area contributed by atoms with Gasteiger partial charge in [-0.05, 0) is 19.9 Å². The fourth-order valence-electron chi connectivity index (χ4n) is 2.50. The molecule has 1 aliphatic heterocycles. The maximum Gasteiger partial charge on any atom is 0.322 e. The second kappa shape index (κ2) is 7.07. The average molecular weight is 329 g/mol. The summed E-state index contributed by atoms with van der Waals surface area (Å²) in [6.07, 6.45) is 0.0201. The van der Waals surface area contributed by atoms with E-state index in [9.17, 15) is 4.79 Å². The molecule has 0 aliphatic carbocycles. The number of amides is 2. The predicted octanol–water partition coefficient (Wildman–Crippen LogP) is 3.00. The van der Waals surface area contributed by atoms with Gasteiger partial charge in [-0.3, -0.25) is 0 Å². The number of benzene rings is 1. The minimum atomic E-state index is -0.207. The summed E-state index contributed by atoms with van der Waals surface area (Å²) in [5.74, 6) is 0.981. The number of halogens is 1. The van der Waals surface area contributed by atoms with Crippen molar-refractivity contribution in [3.8, 4) is 11.5 Å². The van der Waals surface area contributed by atoms with Gasteiger partial charge in [0.1, 0.15) is 11.5 Å². The van der Waals surface area contributed by atoms with Gasteiger partial charge in [0.05, 0.1) is 37.1 Å². The van der Waals surface area contributed by atoms with Crippen molar-refractivity contribution < 1.29 is 19.0 Å². The first-order valence-corrected chi connectivity index (χ1v) is 7.45. The molecule has 2 rings (SSSR count). The van der Waals surface area contributed by atoms with Gasteiger partial charge in [0, 0.05) is 19.2 Å². The van der Waals surface area contributed by atoms with E-state index < -0.39 is 0 Å². The molecular weight excluding hydrogens is 308 g/mol. The van der Waals surface area contributed by atoms with E-state index in [0.29, 0.717) is 35.3 Å². The van der Waals surface area contributed by atoms with E-state index in [0.717, 1.165) is 0 Å². The maximum absolute atomic E-state index is 12.4. The molecule has 0 bridgehead atoms. The Bertz CT molecular complexity index is 543. The van der Waals surface area contributed by atoms with Crippen molar-refractivity contribution in [2.24, 2.45) is 0 Å². The third kappa shape index (κ3) is 3.75. The Morgan fingerprint density at radius 2 is 1.82 bits per heavy atom. The highest BCUT2D eigenvalue weighted by Crippen LogP contribution is 2.36. The fraction of sp³-hybridized carbons (Fsp3) is 0.533. The molecule has 1 heterocycles. The lowest BCUT2D eigenvalue weighted by Crippen LogP contribution is -2.49. The van der Waals surface area contributed by atoms with Crippen molar-refractivity contribution in [1.29, 1.82) is 0 Å². The van der Waals surface area contributed by atoms with Crippen molar-refractivity contribution >= 4 is 23.3 Å². The van der Waals surface area contributed by atoms with Gasteiger partial charge in [0.2, 0.25) is 0 Å². The van der Waals surface area contributed by atoms with Crippen LogP contribution in [0.2, 0.25) is 5.02 Å². The second-order valence-corrected chi connectivity index (χ2v) is 5.69. The molecule has 0 unspecified atom stereocenters. The SMILES string of the molecule is COc1cc(OC)c(NC(=O)N2C[C@@H](C)O[C@@H](C)C2)cc1Cl. The number of morpholine rings is 1. The first kappa shape index (κ1) is 16.7. The second-order valence-electron chi connectivity index (χ2n) is 5.28. The van der Waals surface area contributed by atoms with Crippen LogP contribution in [-0.2, 0) is 4.74 Å². The molecule has 0 aromatic heterocycles. The Balaban J connectivity index is 2.15. The van der Waals surface area contributed by atoms with E-state index in [1.54, 1.807) is 17.0 Å². The number of anilines is 1. The van der Waals surface area contributed by atoms with Gasteiger partial charge in [-0.1, -0.05) is 11.6 Å². The molecule has 22 heavy (non-hydrogen) atoms.